The Labute approximate surface area is 194 Å². The summed E-state index contributed by atoms with van der Waals surface area (Å²) in [5.74, 6) is 4.77. The number of ether oxygens (including phenoxy) is 1. The van der Waals surface area contributed by atoms with Crippen LogP contribution in [0.1, 0.15) is 61.0 Å². The zero-order chi connectivity index (χ0) is 24.0. The molecule has 1 fully saturated rings. The first-order valence-corrected chi connectivity index (χ1v) is 11.8. The lowest BCUT2D eigenvalue weighted by molar-refractivity contribution is -0.134. The van der Waals surface area contributed by atoms with Crippen molar-refractivity contribution in [1.29, 1.82) is 0 Å². The van der Waals surface area contributed by atoms with Crippen LogP contribution in [0.25, 0.3) is 0 Å². The maximum Gasteiger partial charge on any atom is 0.348 e. The minimum Gasteiger partial charge on any atom is -0.477 e. The van der Waals surface area contributed by atoms with E-state index in [1.54, 1.807) is 20.2 Å². The number of carboxylic acids is 1. The second kappa shape index (κ2) is 11.5. The van der Waals surface area contributed by atoms with Gasteiger partial charge in [-0.1, -0.05) is 32.6 Å². The smallest absolute Gasteiger partial charge is 0.348 e. The van der Waals surface area contributed by atoms with Gasteiger partial charge in [-0.3, -0.25) is 14.5 Å². The zero-order valence-corrected chi connectivity index (χ0v) is 20.6. The first kappa shape index (κ1) is 25.9. The summed E-state index contributed by atoms with van der Waals surface area (Å²) in [5.41, 5.74) is 0.219. The minimum atomic E-state index is -1.15. The van der Waals surface area contributed by atoms with E-state index in [0.29, 0.717) is 10.8 Å². The number of nitrogens with zero attached hydrogens (tertiary/aromatic N) is 2. The second-order valence-corrected chi connectivity index (χ2v) is 9.98. The molecule has 1 atom stereocenters. The molecule has 1 saturated carbocycles. The van der Waals surface area contributed by atoms with Gasteiger partial charge in [0.05, 0.1) is 17.2 Å². The number of methoxy groups -OCH3 is 1. The largest absolute Gasteiger partial charge is 0.477 e. The highest BCUT2D eigenvalue weighted by molar-refractivity contribution is 7.15. The Bertz CT molecular complexity index is 888. The van der Waals surface area contributed by atoms with Crippen molar-refractivity contribution >= 4 is 34.8 Å². The molecule has 1 aliphatic carbocycles. The lowest BCUT2D eigenvalue weighted by Crippen LogP contribution is -2.54. The van der Waals surface area contributed by atoms with Gasteiger partial charge in [0.2, 0.25) is 11.8 Å². The van der Waals surface area contributed by atoms with Gasteiger partial charge in [-0.15, -0.1) is 11.3 Å². The molecule has 1 unspecified atom stereocenters. The van der Waals surface area contributed by atoms with Crippen molar-refractivity contribution in [2.24, 2.45) is 17.8 Å². The van der Waals surface area contributed by atoms with E-state index in [-0.39, 0.29) is 40.8 Å². The van der Waals surface area contributed by atoms with Crippen LogP contribution < -0.4 is 4.90 Å². The number of carboxylic acid groups (broad SMARTS) is 1. The number of amides is 2. The van der Waals surface area contributed by atoms with Crippen molar-refractivity contribution in [3.63, 3.8) is 0 Å². The Morgan fingerprint density at radius 2 is 1.84 bits per heavy atom. The number of hydrogen-bond donors (Lipinski definition) is 1. The van der Waals surface area contributed by atoms with Crippen LogP contribution in [-0.4, -0.2) is 61.6 Å². The molecule has 2 amide bonds. The summed E-state index contributed by atoms with van der Waals surface area (Å²) in [6.07, 6.45) is 3.31. The van der Waals surface area contributed by atoms with E-state index in [1.807, 2.05) is 13.8 Å². The number of hydrogen-bond acceptors (Lipinski definition) is 5. The number of anilines is 1. The molecular formula is C24H34N2O5S. The summed E-state index contributed by atoms with van der Waals surface area (Å²) >= 11 is 1.03. The highest BCUT2D eigenvalue weighted by Crippen LogP contribution is 2.36. The summed E-state index contributed by atoms with van der Waals surface area (Å²) in [5, 5.41) is 9.89. The van der Waals surface area contributed by atoms with Crippen molar-refractivity contribution in [3.8, 4) is 11.8 Å². The van der Waals surface area contributed by atoms with Crippen LogP contribution in [0.15, 0.2) is 6.07 Å². The normalized spacial score (nSPS) is 19.1. The first-order valence-electron chi connectivity index (χ1n) is 11.0. The van der Waals surface area contributed by atoms with Crippen LogP contribution in [0.5, 0.6) is 0 Å². The first-order chi connectivity index (χ1) is 15.1. The Morgan fingerprint density at radius 1 is 1.22 bits per heavy atom. The van der Waals surface area contributed by atoms with E-state index in [2.05, 4.69) is 18.8 Å². The van der Waals surface area contributed by atoms with E-state index in [0.717, 1.165) is 37.0 Å². The lowest BCUT2D eigenvalue weighted by atomic mass is 9.82. The fourth-order valence-electron chi connectivity index (χ4n) is 3.85. The molecule has 0 aliphatic heterocycles. The third-order valence-corrected chi connectivity index (χ3v) is 6.64. The van der Waals surface area contributed by atoms with Gasteiger partial charge in [-0.25, -0.2) is 4.79 Å². The van der Waals surface area contributed by atoms with Crippen molar-refractivity contribution in [2.75, 3.05) is 32.7 Å². The zero-order valence-electron chi connectivity index (χ0n) is 19.8. The lowest BCUT2D eigenvalue weighted by Gasteiger charge is -2.36. The summed E-state index contributed by atoms with van der Waals surface area (Å²) < 4.78 is 5.31. The fraction of sp³-hybridized carbons (Fsp3) is 0.625. The van der Waals surface area contributed by atoms with Crippen LogP contribution in [0.3, 0.4) is 0 Å². The number of thiophene rings is 1. The molecule has 1 aromatic heterocycles. The van der Waals surface area contributed by atoms with Crippen molar-refractivity contribution in [3.05, 3.63) is 15.8 Å². The van der Waals surface area contributed by atoms with Gasteiger partial charge in [-0.05, 0) is 37.7 Å². The Balaban J connectivity index is 2.61. The molecule has 32 heavy (non-hydrogen) atoms. The van der Waals surface area contributed by atoms with E-state index < -0.39 is 12.0 Å². The van der Waals surface area contributed by atoms with E-state index in [4.69, 9.17) is 4.74 Å². The standard InChI is InChI=1S/C24H34N2O5S/c1-15(2)7-12-18-13-19(21(32-18)24(29)30)26(20(14-31-6)23(28)25(4)5)22(27)17-10-8-16(3)9-11-17/h13,15-17,20H,8-11,14H2,1-6H3,(H,29,30). The molecular weight excluding hydrogens is 428 g/mol. The highest BCUT2D eigenvalue weighted by atomic mass is 32.1. The number of likely N-dealkylation sites (N-methyl/N-ethyl adjacent to an activating group) is 1. The maximum atomic E-state index is 13.8. The number of carbonyl (C=O) groups is 3. The summed E-state index contributed by atoms with van der Waals surface area (Å²) in [6.45, 7) is 6.03. The summed E-state index contributed by atoms with van der Waals surface area (Å²) in [6, 6.07) is 0.666. The average molecular weight is 463 g/mol. The van der Waals surface area contributed by atoms with Gasteiger partial charge < -0.3 is 14.7 Å². The van der Waals surface area contributed by atoms with E-state index in [9.17, 15) is 19.5 Å². The third-order valence-electron chi connectivity index (χ3n) is 5.61. The minimum absolute atomic E-state index is 0.00300. The van der Waals surface area contributed by atoms with Gasteiger partial charge in [-0.2, -0.15) is 0 Å². The molecule has 1 aliphatic rings. The molecule has 0 spiro atoms. The fourth-order valence-corrected chi connectivity index (χ4v) is 4.70. The molecule has 1 N–H and O–H groups in total. The van der Waals surface area contributed by atoms with Crippen molar-refractivity contribution in [1.82, 2.24) is 4.90 Å². The number of aromatic carboxylic acids is 1. The van der Waals surface area contributed by atoms with E-state index >= 15 is 0 Å². The quantitative estimate of drug-likeness (QED) is 0.624. The van der Waals surface area contributed by atoms with Crippen LogP contribution in [0.2, 0.25) is 0 Å². The van der Waals surface area contributed by atoms with Gasteiger partial charge >= 0.3 is 5.97 Å². The SMILES string of the molecule is COCC(C(=O)N(C)C)N(C(=O)C1CCC(C)CC1)c1cc(C#CC(C)C)sc1C(=O)O. The Hall–Kier alpha value is -2.37. The second-order valence-electron chi connectivity index (χ2n) is 8.92. The summed E-state index contributed by atoms with van der Waals surface area (Å²) in [7, 11) is 4.69. The predicted molar refractivity (Wildman–Crippen MR) is 126 cm³/mol. The van der Waals surface area contributed by atoms with Crippen molar-refractivity contribution < 1.29 is 24.2 Å². The maximum absolute atomic E-state index is 13.8. The van der Waals surface area contributed by atoms with Gasteiger partial charge in [0.15, 0.2) is 0 Å². The topological polar surface area (TPSA) is 87.2 Å². The van der Waals surface area contributed by atoms with Crippen LogP contribution >= 0.6 is 11.3 Å². The van der Waals surface area contributed by atoms with Crippen LogP contribution in [0.4, 0.5) is 5.69 Å². The number of carbonyl (C=O) groups excluding carboxylic acids is 2. The van der Waals surface area contributed by atoms with Crippen molar-refractivity contribution in [2.45, 2.75) is 52.5 Å². The molecule has 7 nitrogen and oxygen atoms in total. The van der Waals surface area contributed by atoms with Crippen LogP contribution in [-0.2, 0) is 14.3 Å². The van der Waals surface area contributed by atoms with Crippen LogP contribution in [0, 0.1) is 29.6 Å². The predicted octanol–water partition coefficient (Wildman–Crippen LogP) is 3.72. The van der Waals surface area contributed by atoms with Gasteiger partial charge in [0, 0.05) is 33.0 Å². The van der Waals surface area contributed by atoms with E-state index in [1.165, 1.54) is 16.9 Å². The Kier molecular flexibility index (Phi) is 9.29. The molecule has 0 bridgehead atoms. The molecule has 0 saturated heterocycles. The average Bonchev–Trinajstić information content (AvgIpc) is 3.16. The monoisotopic (exact) mass is 462 g/mol. The molecule has 0 radical (unpaired) electrons. The summed E-state index contributed by atoms with van der Waals surface area (Å²) in [4.78, 5) is 42.3. The molecule has 8 heteroatoms. The molecule has 1 aromatic rings. The Morgan fingerprint density at radius 3 is 2.34 bits per heavy atom. The third kappa shape index (κ3) is 6.33. The molecule has 0 aromatic carbocycles. The van der Waals surface area contributed by atoms with Gasteiger partial charge in [0.25, 0.3) is 0 Å². The molecule has 176 valence electrons. The number of rotatable bonds is 7. The molecule has 1 heterocycles. The highest BCUT2D eigenvalue weighted by Gasteiger charge is 2.39. The molecule has 2 rings (SSSR count). The van der Waals surface area contributed by atoms with Gasteiger partial charge in [0.1, 0.15) is 10.9 Å².